The molecule has 3 aromatic carbocycles. The number of carbonyl (C=O) groups excluding carboxylic acids is 1. The average molecular weight is 548 g/mol. The molecule has 210 valence electrons. The van der Waals surface area contributed by atoms with Crippen molar-refractivity contribution in [2.24, 2.45) is 0 Å². The molecule has 3 N–H and O–H groups in total. The number of aliphatic hydroxyl groups excluding tert-OH is 1. The van der Waals surface area contributed by atoms with Gasteiger partial charge in [-0.15, -0.1) is 0 Å². The maximum atomic E-state index is 14.0. The Hall–Kier alpha value is -3.80. The largest absolute Gasteiger partial charge is 0.487 e. The second-order valence-corrected chi connectivity index (χ2v) is 10.9. The van der Waals surface area contributed by atoms with Crippen LogP contribution >= 0.6 is 0 Å². The van der Waals surface area contributed by atoms with Crippen molar-refractivity contribution in [3.05, 3.63) is 99.6 Å². The lowest BCUT2D eigenvalue weighted by atomic mass is 9.91. The molecule has 0 spiro atoms. The third kappa shape index (κ3) is 7.44. The number of ether oxygens (including phenoxy) is 1. The first-order valence-corrected chi connectivity index (χ1v) is 13.6. The molecule has 1 aliphatic heterocycles. The van der Waals surface area contributed by atoms with Crippen molar-refractivity contribution < 1.29 is 23.4 Å². The van der Waals surface area contributed by atoms with Crippen LogP contribution in [-0.2, 0) is 25.8 Å². The molecule has 0 fully saturated rings. The minimum atomic E-state index is -1.09. The molecule has 6 nitrogen and oxygen atoms in total. The number of nitriles is 1. The summed E-state index contributed by atoms with van der Waals surface area (Å²) in [7, 11) is 0. The van der Waals surface area contributed by atoms with Crippen LogP contribution in [0.25, 0.3) is 0 Å². The third-order valence-corrected chi connectivity index (χ3v) is 7.16. The molecule has 8 heteroatoms. The highest BCUT2D eigenvalue weighted by Crippen LogP contribution is 2.37. The fraction of sp³-hybridized carbons (Fsp3) is 0.375. The van der Waals surface area contributed by atoms with Crippen LogP contribution in [0.3, 0.4) is 0 Å². The summed E-state index contributed by atoms with van der Waals surface area (Å²) < 4.78 is 34.1. The zero-order chi connectivity index (χ0) is 28.9. The smallest absolute Gasteiger partial charge is 0.255 e. The molecular weight excluding hydrogens is 512 g/mol. The van der Waals surface area contributed by atoms with Gasteiger partial charge in [-0.1, -0.05) is 31.2 Å². The molecule has 1 aliphatic rings. The van der Waals surface area contributed by atoms with Gasteiger partial charge in [0.15, 0.2) is 0 Å². The number of rotatable bonds is 10. The number of amides is 1. The van der Waals surface area contributed by atoms with Gasteiger partial charge in [0.25, 0.3) is 5.91 Å². The number of hydrogen-bond donors (Lipinski definition) is 3. The van der Waals surface area contributed by atoms with Crippen molar-refractivity contribution in [1.82, 2.24) is 10.6 Å². The summed E-state index contributed by atoms with van der Waals surface area (Å²) in [5.41, 5.74) is 3.34. The van der Waals surface area contributed by atoms with Gasteiger partial charge in [-0.05, 0) is 86.1 Å². The Morgan fingerprint density at radius 2 is 1.82 bits per heavy atom. The number of nitrogens with zero attached hydrogens (tertiary/aromatic N) is 1. The second kappa shape index (κ2) is 12.6. The standard InChI is InChI=1S/C32H35F2N3O3/c1-4-20-6-5-7-21(10-20)18-36-19-29(38)28(15-22-12-25(33)16-26(34)13-22)37-31(39)27-14-23(17-35)11-24-8-9-32(2,3)40-30(24)27/h5-7,10-14,16,28-29,36,38H,4,8-9,15,18-19H2,1-3H3,(H,37,39)/t28-,29-/m0/s1. The van der Waals surface area contributed by atoms with Crippen molar-refractivity contribution in [2.75, 3.05) is 6.54 Å². The Morgan fingerprint density at radius 1 is 1.10 bits per heavy atom. The molecular formula is C32H35F2N3O3. The van der Waals surface area contributed by atoms with Gasteiger partial charge in [-0.2, -0.15) is 5.26 Å². The van der Waals surface area contributed by atoms with Crippen LogP contribution in [-0.4, -0.2) is 35.3 Å². The lowest BCUT2D eigenvalue weighted by molar-refractivity contribution is 0.0749. The normalized spacial score (nSPS) is 15.3. The average Bonchev–Trinajstić information content (AvgIpc) is 2.91. The van der Waals surface area contributed by atoms with E-state index < -0.39 is 35.3 Å². The summed E-state index contributed by atoms with van der Waals surface area (Å²) >= 11 is 0. The summed E-state index contributed by atoms with van der Waals surface area (Å²) in [4.78, 5) is 13.6. The fourth-order valence-electron chi connectivity index (χ4n) is 4.97. The van der Waals surface area contributed by atoms with E-state index in [4.69, 9.17) is 4.74 Å². The van der Waals surface area contributed by atoms with E-state index in [2.05, 4.69) is 29.7 Å². The van der Waals surface area contributed by atoms with E-state index in [1.54, 1.807) is 6.07 Å². The Morgan fingerprint density at radius 3 is 2.52 bits per heavy atom. The van der Waals surface area contributed by atoms with Gasteiger partial charge in [-0.3, -0.25) is 4.79 Å². The van der Waals surface area contributed by atoms with Gasteiger partial charge >= 0.3 is 0 Å². The number of benzene rings is 3. The van der Waals surface area contributed by atoms with Gasteiger partial charge in [0.2, 0.25) is 0 Å². The zero-order valence-corrected chi connectivity index (χ0v) is 23.1. The quantitative estimate of drug-likeness (QED) is 0.332. The summed E-state index contributed by atoms with van der Waals surface area (Å²) in [6, 6.07) is 15.6. The number of aliphatic hydroxyl groups is 1. The zero-order valence-electron chi connectivity index (χ0n) is 23.1. The minimum Gasteiger partial charge on any atom is -0.487 e. The summed E-state index contributed by atoms with van der Waals surface area (Å²) in [6.45, 7) is 6.57. The van der Waals surface area contributed by atoms with E-state index in [1.165, 1.54) is 23.8 Å². The maximum absolute atomic E-state index is 14.0. The molecule has 0 saturated carbocycles. The minimum absolute atomic E-state index is 0.0128. The van der Waals surface area contributed by atoms with Crippen LogP contribution in [0.2, 0.25) is 0 Å². The lowest BCUT2D eigenvalue weighted by Gasteiger charge is -2.34. The highest BCUT2D eigenvalue weighted by molar-refractivity contribution is 5.98. The maximum Gasteiger partial charge on any atom is 0.255 e. The SMILES string of the molecule is CCc1cccc(CNC[C@H](O)[C@H](Cc2cc(F)cc(F)c2)NC(=O)c2cc(C#N)cc3c2OC(C)(C)CC3)c1. The number of halogens is 2. The summed E-state index contributed by atoms with van der Waals surface area (Å²) in [6.07, 6.45) is 1.19. The Kier molecular flexibility index (Phi) is 9.18. The molecule has 0 saturated heterocycles. The third-order valence-electron chi connectivity index (χ3n) is 7.16. The van der Waals surface area contributed by atoms with Crippen LogP contribution in [0.4, 0.5) is 8.78 Å². The predicted molar refractivity (Wildman–Crippen MR) is 149 cm³/mol. The van der Waals surface area contributed by atoms with Crippen molar-refractivity contribution in [2.45, 2.75) is 70.7 Å². The monoisotopic (exact) mass is 547 g/mol. The predicted octanol–water partition coefficient (Wildman–Crippen LogP) is 4.99. The second-order valence-electron chi connectivity index (χ2n) is 10.9. The molecule has 0 aliphatic carbocycles. The van der Waals surface area contributed by atoms with E-state index in [-0.39, 0.29) is 18.5 Å². The molecule has 0 bridgehead atoms. The molecule has 0 unspecified atom stereocenters. The number of hydrogen-bond acceptors (Lipinski definition) is 5. The fourth-order valence-corrected chi connectivity index (χ4v) is 4.97. The summed E-state index contributed by atoms with van der Waals surface area (Å²) in [5.74, 6) is -1.61. The van der Waals surface area contributed by atoms with Crippen LogP contribution < -0.4 is 15.4 Å². The molecule has 3 aromatic rings. The highest BCUT2D eigenvalue weighted by atomic mass is 19.1. The molecule has 0 radical (unpaired) electrons. The van der Waals surface area contributed by atoms with E-state index in [1.807, 2.05) is 32.0 Å². The van der Waals surface area contributed by atoms with Crippen LogP contribution in [0.5, 0.6) is 5.75 Å². The summed E-state index contributed by atoms with van der Waals surface area (Å²) in [5, 5.41) is 26.8. The van der Waals surface area contributed by atoms with Crippen LogP contribution in [0, 0.1) is 23.0 Å². The number of aryl methyl sites for hydroxylation is 2. The van der Waals surface area contributed by atoms with Crippen LogP contribution in [0.15, 0.2) is 54.6 Å². The molecule has 0 aromatic heterocycles. The van der Waals surface area contributed by atoms with Crippen molar-refractivity contribution in [1.29, 1.82) is 5.26 Å². The van der Waals surface area contributed by atoms with E-state index in [9.17, 15) is 23.9 Å². The van der Waals surface area contributed by atoms with E-state index in [0.29, 0.717) is 29.8 Å². The number of carbonyl (C=O) groups is 1. The number of nitrogens with one attached hydrogen (secondary N) is 2. The lowest BCUT2D eigenvalue weighted by Crippen LogP contribution is -2.49. The number of fused-ring (bicyclic) bond motifs is 1. The van der Waals surface area contributed by atoms with Crippen molar-refractivity contribution in [3.63, 3.8) is 0 Å². The Bertz CT molecular complexity index is 1400. The molecule has 4 rings (SSSR count). The Labute approximate surface area is 234 Å². The van der Waals surface area contributed by atoms with Gasteiger partial charge in [-0.25, -0.2) is 8.78 Å². The first-order chi connectivity index (χ1) is 19.1. The van der Waals surface area contributed by atoms with Gasteiger partial charge < -0.3 is 20.5 Å². The van der Waals surface area contributed by atoms with Crippen LogP contribution in [0.1, 0.15) is 65.4 Å². The van der Waals surface area contributed by atoms with Gasteiger partial charge in [0, 0.05) is 19.2 Å². The van der Waals surface area contributed by atoms with Gasteiger partial charge in [0.05, 0.1) is 29.3 Å². The molecule has 40 heavy (non-hydrogen) atoms. The molecule has 2 atom stereocenters. The van der Waals surface area contributed by atoms with Crippen molar-refractivity contribution in [3.8, 4) is 11.8 Å². The van der Waals surface area contributed by atoms with Crippen molar-refractivity contribution >= 4 is 5.91 Å². The van der Waals surface area contributed by atoms with E-state index in [0.717, 1.165) is 30.0 Å². The van der Waals surface area contributed by atoms with E-state index >= 15 is 0 Å². The Balaban J connectivity index is 1.57. The molecule has 1 amide bonds. The first kappa shape index (κ1) is 29.2. The topological polar surface area (TPSA) is 94.4 Å². The molecule has 1 heterocycles. The first-order valence-electron chi connectivity index (χ1n) is 13.6. The highest BCUT2D eigenvalue weighted by Gasteiger charge is 2.32. The van der Waals surface area contributed by atoms with Gasteiger partial charge in [0.1, 0.15) is 23.0 Å².